The van der Waals surface area contributed by atoms with Gasteiger partial charge in [0, 0.05) is 19.4 Å². The summed E-state index contributed by atoms with van der Waals surface area (Å²) in [6.45, 7) is 0.458. The number of thioether (sulfide) groups is 1. The molecule has 0 aliphatic heterocycles. The molecule has 0 bridgehead atoms. The average Bonchev–Trinajstić information content (AvgIpc) is 3.13. The number of H-pyrrole nitrogens is 1. The van der Waals surface area contributed by atoms with Gasteiger partial charge in [-0.2, -0.15) is 0 Å². The molecule has 1 aromatic carbocycles. The topological polar surface area (TPSA) is 75.0 Å². The normalized spacial score (nSPS) is 10.9. The lowest BCUT2D eigenvalue weighted by atomic mass is 10.3. The van der Waals surface area contributed by atoms with E-state index in [1.165, 1.54) is 11.8 Å². The van der Waals surface area contributed by atoms with Gasteiger partial charge in [0.2, 0.25) is 5.91 Å². The van der Waals surface area contributed by atoms with Crippen LogP contribution in [0.4, 0.5) is 0 Å². The van der Waals surface area contributed by atoms with Crippen LogP contribution in [0.5, 0.6) is 0 Å². The van der Waals surface area contributed by atoms with E-state index in [0.717, 1.165) is 16.9 Å². The van der Waals surface area contributed by atoms with Gasteiger partial charge < -0.3 is 14.3 Å². The van der Waals surface area contributed by atoms with Gasteiger partial charge in [0.05, 0.1) is 12.3 Å². The first-order valence-electron chi connectivity index (χ1n) is 6.43. The Morgan fingerprint density at radius 1 is 1.43 bits per heavy atom. The molecule has 2 heterocycles. The molecule has 1 amide bonds. The van der Waals surface area contributed by atoms with Crippen LogP contribution in [-0.2, 0) is 11.3 Å². The van der Waals surface area contributed by atoms with Crippen LogP contribution < -0.4 is 0 Å². The van der Waals surface area contributed by atoms with Gasteiger partial charge >= 0.3 is 0 Å². The van der Waals surface area contributed by atoms with Crippen molar-refractivity contribution in [2.75, 3.05) is 12.8 Å². The Balaban J connectivity index is 1.57. The number of rotatable bonds is 5. The van der Waals surface area contributed by atoms with Gasteiger partial charge in [-0.1, -0.05) is 23.9 Å². The minimum atomic E-state index is -0.00124. The van der Waals surface area contributed by atoms with E-state index in [0.29, 0.717) is 11.8 Å². The van der Waals surface area contributed by atoms with Crippen molar-refractivity contribution in [2.24, 2.45) is 0 Å². The summed E-state index contributed by atoms with van der Waals surface area (Å²) < 4.78 is 5.57. The van der Waals surface area contributed by atoms with E-state index in [2.05, 4.69) is 15.0 Å². The number of para-hydroxylation sites is 2. The van der Waals surface area contributed by atoms with Crippen LogP contribution in [-0.4, -0.2) is 38.6 Å². The fraction of sp³-hybridized carbons (Fsp3) is 0.214. The van der Waals surface area contributed by atoms with Crippen LogP contribution >= 0.6 is 11.8 Å². The molecule has 0 saturated heterocycles. The van der Waals surface area contributed by atoms with Crippen molar-refractivity contribution in [3.63, 3.8) is 0 Å². The van der Waals surface area contributed by atoms with Gasteiger partial charge in [0.1, 0.15) is 11.3 Å². The van der Waals surface area contributed by atoms with E-state index in [-0.39, 0.29) is 11.7 Å². The molecule has 21 heavy (non-hydrogen) atoms. The first kappa shape index (κ1) is 13.7. The zero-order valence-corrected chi connectivity index (χ0v) is 12.3. The van der Waals surface area contributed by atoms with Gasteiger partial charge in [-0.25, -0.2) is 9.97 Å². The molecule has 0 atom stereocenters. The fourth-order valence-electron chi connectivity index (χ4n) is 1.84. The summed E-state index contributed by atoms with van der Waals surface area (Å²) in [4.78, 5) is 25.1. The minimum absolute atomic E-state index is 0.00124. The van der Waals surface area contributed by atoms with Crippen LogP contribution in [0.2, 0.25) is 0 Å². The zero-order valence-electron chi connectivity index (χ0n) is 11.4. The van der Waals surface area contributed by atoms with Crippen LogP contribution in [0.1, 0.15) is 5.82 Å². The number of oxazole rings is 1. The zero-order chi connectivity index (χ0) is 14.7. The summed E-state index contributed by atoms with van der Waals surface area (Å²) in [6.07, 6.45) is 3.40. The first-order chi connectivity index (χ1) is 10.2. The summed E-state index contributed by atoms with van der Waals surface area (Å²) in [5.74, 6) is 1.04. The van der Waals surface area contributed by atoms with Crippen LogP contribution in [0.15, 0.2) is 46.3 Å². The summed E-state index contributed by atoms with van der Waals surface area (Å²) in [6, 6.07) is 7.54. The number of aromatic nitrogens is 3. The van der Waals surface area contributed by atoms with E-state index in [1.54, 1.807) is 24.3 Å². The number of nitrogens with one attached hydrogen (secondary N) is 1. The highest BCUT2D eigenvalue weighted by atomic mass is 32.2. The molecule has 2 aromatic heterocycles. The van der Waals surface area contributed by atoms with E-state index < -0.39 is 0 Å². The quantitative estimate of drug-likeness (QED) is 0.732. The number of hydrogen-bond donors (Lipinski definition) is 1. The molecular weight excluding hydrogens is 288 g/mol. The molecule has 3 aromatic rings. The predicted molar refractivity (Wildman–Crippen MR) is 79.8 cm³/mol. The highest BCUT2D eigenvalue weighted by Gasteiger charge is 2.13. The Morgan fingerprint density at radius 2 is 2.29 bits per heavy atom. The number of carbonyl (C=O) groups excluding carboxylic acids is 1. The maximum atomic E-state index is 12.1. The molecule has 0 aliphatic carbocycles. The highest BCUT2D eigenvalue weighted by molar-refractivity contribution is 7.99. The maximum Gasteiger partial charge on any atom is 0.257 e. The summed E-state index contributed by atoms with van der Waals surface area (Å²) in [5.41, 5.74) is 1.53. The highest BCUT2D eigenvalue weighted by Crippen LogP contribution is 2.23. The Kier molecular flexibility index (Phi) is 3.92. The maximum absolute atomic E-state index is 12.1. The van der Waals surface area contributed by atoms with Crippen LogP contribution in [0.25, 0.3) is 11.1 Å². The largest absolute Gasteiger partial charge is 0.431 e. The minimum Gasteiger partial charge on any atom is -0.431 e. The molecule has 0 saturated carbocycles. The Morgan fingerprint density at radius 3 is 3.05 bits per heavy atom. The molecule has 0 fully saturated rings. The van der Waals surface area contributed by atoms with Crippen molar-refractivity contribution in [1.82, 2.24) is 19.9 Å². The molecular formula is C14H14N4O2S. The van der Waals surface area contributed by atoms with Gasteiger partial charge in [-0.05, 0) is 12.1 Å². The second kappa shape index (κ2) is 6.01. The van der Waals surface area contributed by atoms with Crippen molar-refractivity contribution >= 4 is 28.8 Å². The monoisotopic (exact) mass is 302 g/mol. The first-order valence-corrected chi connectivity index (χ1v) is 7.41. The number of imidazole rings is 1. The van der Waals surface area contributed by atoms with Crippen molar-refractivity contribution in [3.8, 4) is 0 Å². The summed E-state index contributed by atoms with van der Waals surface area (Å²) in [7, 11) is 1.75. The van der Waals surface area contributed by atoms with Crippen molar-refractivity contribution < 1.29 is 9.21 Å². The number of amides is 1. The van der Waals surface area contributed by atoms with Crippen molar-refractivity contribution in [1.29, 1.82) is 0 Å². The molecule has 7 heteroatoms. The third-order valence-electron chi connectivity index (χ3n) is 2.96. The number of nitrogens with zero attached hydrogens (tertiary/aromatic N) is 3. The lowest BCUT2D eigenvalue weighted by molar-refractivity contribution is -0.127. The Bertz CT molecular complexity index is 705. The molecule has 6 nitrogen and oxygen atoms in total. The fourth-order valence-corrected chi connectivity index (χ4v) is 2.62. The Labute approximate surface area is 125 Å². The number of fused-ring (bicyclic) bond motifs is 1. The summed E-state index contributed by atoms with van der Waals surface area (Å²) >= 11 is 1.30. The number of carbonyl (C=O) groups is 1. The summed E-state index contributed by atoms with van der Waals surface area (Å²) in [5, 5.41) is 0.510. The average molecular weight is 302 g/mol. The standard InChI is InChI=1S/C14H14N4O2S/c1-18(8-12-15-6-7-16-12)13(19)9-21-14-17-10-4-2-3-5-11(10)20-14/h2-7H,8-9H2,1H3,(H,15,16). The van der Waals surface area contributed by atoms with Gasteiger partial charge in [-0.15, -0.1) is 0 Å². The van der Waals surface area contributed by atoms with Crippen LogP contribution in [0.3, 0.4) is 0 Å². The smallest absolute Gasteiger partial charge is 0.257 e. The van der Waals surface area contributed by atoms with E-state index in [9.17, 15) is 4.79 Å². The Hall–Kier alpha value is -2.28. The van der Waals surface area contributed by atoms with Crippen LogP contribution in [0, 0.1) is 0 Å². The van der Waals surface area contributed by atoms with E-state index in [1.807, 2.05) is 24.3 Å². The van der Waals surface area contributed by atoms with E-state index >= 15 is 0 Å². The number of benzene rings is 1. The number of aromatic amines is 1. The van der Waals surface area contributed by atoms with Crippen molar-refractivity contribution in [2.45, 2.75) is 11.8 Å². The lowest BCUT2D eigenvalue weighted by Crippen LogP contribution is -2.28. The second-order valence-corrected chi connectivity index (χ2v) is 5.45. The molecule has 1 N–H and O–H groups in total. The SMILES string of the molecule is CN(Cc1ncc[nH]1)C(=O)CSc1nc2ccccc2o1. The molecule has 3 rings (SSSR count). The van der Waals surface area contributed by atoms with Gasteiger partial charge in [0.15, 0.2) is 5.58 Å². The molecule has 0 unspecified atom stereocenters. The number of hydrogen-bond acceptors (Lipinski definition) is 5. The van der Waals surface area contributed by atoms with E-state index in [4.69, 9.17) is 4.42 Å². The molecule has 0 aliphatic rings. The van der Waals surface area contributed by atoms with Crippen molar-refractivity contribution in [3.05, 3.63) is 42.5 Å². The lowest BCUT2D eigenvalue weighted by Gasteiger charge is -2.14. The van der Waals surface area contributed by atoms with Gasteiger partial charge in [-0.3, -0.25) is 4.79 Å². The molecule has 0 radical (unpaired) electrons. The predicted octanol–water partition coefficient (Wildman–Crippen LogP) is 2.30. The molecule has 108 valence electrons. The van der Waals surface area contributed by atoms with Gasteiger partial charge in [0.25, 0.3) is 5.22 Å². The third kappa shape index (κ3) is 3.25. The second-order valence-electron chi connectivity index (χ2n) is 4.52. The molecule has 0 spiro atoms. The third-order valence-corrected chi connectivity index (χ3v) is 3.77.